The van der Waals surface area contributed by atoms with Crippen LogP contribution >= 0.6 is 11.3 Å². The lowest BCUT2D eigenvalue weighted by atomic mass is 10.2. The summed E-state index contributed by atoms with van der Waals surface area (Å²) in [4.78, 5) is 22.0. The Balaban J connectivity index is 1.63. The summed E-state index contributed by atoms with van der Waals surface area (Å²) in [5, 5.41) is 0.610. The molecule has 3 aromatic carbocycles. The van der Waals surface area contributed by atoms with Crippen LogP contribution in [0, 0.1) is 0 Å². The molecular formula is C24H24N4O3S2. The molecule has 0 atom stereocenters. The molecule has 0 saturated heterocycles. The summed E-state index contributed by atoms with van der Waals surface area (Å²) in [5.41, 5.74) is 1.53. The van der Waals surface area contributed by atoms with Gasteiger partial charge < -0.3 is 4.90 Å². The Kier molecular flexibility index (Phi) is 6.73. The van der Waals surface area contributed by atoms with Gasteiger partial charge in [0.1, 0.15) is 0 Å². The maximum atomic E-state index is 13.5. The van der Waals surface area contributed by atoms with Gasteiger partial charge in [-0.1, -0.05) is 47.7 Å². The quantitative estimate of drug-likeness (QED) is 0.406. The molecule has 9 heteroatoms. The standard InChI is InChI=1S/C24H24N4O3S2/c1-27(2)15-16-28(24-25-21-13-6-7-14-22(21)32-24)23(29)18-9-8-10-19(17-18)26-33(30,31)20-11-4-3-5-12-20/h3-14,17,26H,15-16H2,1-2H3. The van der Waals surface area contributed by atoms with E-state index in [1.165, 1.54) is 23.5 Å². The van der Waals surface area contributed by atoms with E-state index in [1.807, 2.05) is 43.3 Å². The molecule has 0 aliphatic carbocycles. The van der Waals surface area contributed by atoms with Crippen LogP contribution in [0.3, 0.4) is 0 Å². The summed E-state index contributed by atoms with van der Waals surface area (Å²) in [6, 6.07) is 22.4. The highest BCUT2D eigenvalue weighted by atomic mass is 32.2. The van der Waals surface area contributed by atoms with Gasteiger partial charge in [-0.15, -0.1) is 0 Å². The number of amides is 1. The van der Waals surface area contributed by atoms with E-state index in [0.717, 1.165) is 10.2 Å². The minimum Gasteiger partial charge on any atom is -0.308 e. The molecule has 0 aliphatic heterocycles. The Morgan fingerprint density at radius 3 is 2.39 bits per heavy atom. The van der Waals surface area contributed by atoms with Crippen LogP contribution in [0.15, 0.2) is 83.8 Å². The van der Waals surface area contributed by atoms with Crippen LogP contribution in [0.1, 0.15) is 10.4 Å². The third kappa shape index (κ3) is 5.39. The van der Waals surface area contributed by atoms with E-state index >= 15 is 0 Å². The van der Waals surface area contributed by atoms with Crippen molar-refractivity contribution in [1.29, 1.82) is 0 Å². The van der Waals surface area contributed by atoms with Gasteiger partial charge in [-0.05, 0) is 56.6 Å². The van der Waals surface area contributed by atoms with Gasteiger partial charge in [-0.25, -0.2) is 13.4 Å². The van der Waals surface area contributed by atoms with Gasteiger partial charge in [-0.2, -0.15) is 0 Å². The fraction of sp³-hybridized carbons (Fsp3) is 0.167. The zero-order valence-electron chi connectivity index (χ0n) is 18.3. The number of nitrogens with zero attached hydrogens (tertiary/aromatic N) is 3. The molecule has 4 rings (SSSR count). The van der Waals surface area contributed by atoms with Crippen molar-refractivity contribution in [1.82, 2.24) is 9.88 Å². The van der Waals surface area contributed by atoms with Crippen molar-refractivity contribution in [3.05, 3.63) is 84.4 Å². The largest absolute Gasteiger partial charge is 0.308 e. The Bertz CT molecular complexity index is 1340. The molecule has 33 heavy (non-hydrogen) atoms. The van der Waals surface area contributed by atoms with Crippen LogP contribution in [0.4, 0.5) is 10.8 Å². The number of fused-ring (bicyclic) bond motifs is 1. The highest BCUT2D eigenvalue weighted by Crippen LogP contribution is 2.30. The first-order valence-corrected chi connectivity index (χ1v) is 12.6. The SMILES string of the molecule is CN(C)CCN(C(=O)c1cccc(NS(=O)(=O)c2ccccc2)c1)c1nc2ccccc2s1. The minimum absolute atomic E-state index is 0.156. The predicted molar refractivity (Wildman–Crippen MR) is 134 cm³/mol. The molecular weight excluding hydrogens is 456 g/mol. The molecule has 7 nitrogen and oxygen atoms in total. The average molecular weight is 481 g/mol. The van der Waals surface area contributed by atoms with E-state index < -0.39 is 10.0 Å². The lowest BCUT2D eigenvalue weighted by Crippen LogP contribution is -2.36. The van der Waals surface area contributed by atoms with Crippen molar-refractivity contribution < 1.29 is 13.2 Å². The van der Waals surface area contributed by atoms with Gasteiger partial charge in [0.25, 0.3) is 15.9 Å². The fourth-order valence-electron chi connectivity index (χ4n) is 3.24. The summed E-state index contributed by atoms with van der Waals surface area (Å²) in [7, 11) is 0.130. The second-order valence-electron chi connectivity index (χ2n) is 7.72. The number of benzene rings is 3. The predicted octanol–water partition coefficient (Wildman–Crippen LogP) is 4.31. The van der Waals surface area contributed by atoms with Crippen molar-refractivity contribution in [2.75, 3.05) is 36.8 Å². The number of hydrogen-bond donors (Lipinski definition) is 1. The molecule has 0 unspecified atom stereocenters. The number of anilines is 2. The van der Waals surface area contributed by atoms with Gasteiger partial charge >= 0.3 is 0 Å². The lowest BCUT2D eigenvalue weighted by Gasteiger charge is -2.22. The van der Waals surface area contributed by atoms with Crippen LogP contribution in [-0.2, 0) is 10.0 Å². The summed E-state index contributed by atoms with van der Waals surface area (Å²) >= 11 is 1.46. The molecule has 0 aliphatic rings. The van der Waals surface area contributed by atoms with Crippen molar-refractivity contribution in [3.63, 3.8) is 0 Å². The van der Waals surface area contributed by atoms with E-state index in [1.54, 1.807) is 47.4 Å². The topological polar surface area (TPSA) is 82.6 Å². The molecule has 0 spiro atoms. The molecule has 1 amide bonds. The Labute approximate surface area is 197 Å². The number of para-hydroxylation sites is 1. The minimum atomic E-state index is -3.76. The maximum Gasteiger partial charge on any atom is 0.261 e. The number of rotatable bonds is 8. The molecule has 1 heterocycles. The van der Waals surface area contributed by atoms with E-state index in [0.29, 0.717) is 29.5 Å². The Morgan fingerprint density at radius 1 is 0.939 bits per heavy atom. The molecule has 0 saturated carbocycles. The van der Waals surface area contributed by atoms with Crippen LogP contribution in [0.25, 0.3) is 10.2 Å². The second-order valence-corrected chi connectivity index (χ2v) is 10.4. The van der Waals surface area contributed by atoms with E-state index in [-0.39, 0.29) is 10.8 Å². The molecule has 0 radical (unpaired) electrons. The van der Waals surface area contributed by atoms with Gasteiger partial charge in [0.05, 0.1) is 15.1 Å². The molecule has 1 aromatic heterocycles. The number of carbonyl (C=O) groups is 1. The summed E-state index contributed by atoms with van der Waals surface area (Å²) < 4.78 is 28.9. The number of sulfonamides is 1. The van der Waals surface area contributed by atoms with E-state index in [2.05, 4.69) is 9.71 Å². The van der Waals surface area contributed by atoms with Crippen molar-refractivity contribution in [2.24, 2.45) is 0 Å². The number of nitrogens with one attached hydrogen (secondary N) is 1. The molecule has 170 valence electrons. The zero-order valence-corrected chi connectivity index (χ0v) is 19.9. The number of carbonyl (C=O) groups excluding carboxylic acids is 1. The van der Waals surface area contributed by atoms with Crippen molar-refractivity contribution in [2.45, 2.75) is 4.90 Å². The zero-order chi connectivity index (χ0) is 23.4. The highest BCUT2D eigenvalue weighted by molar-refractivity contribution is 7.92. The van der Waals surface area contributed by atoms with Gasteiger partial charge in [0.15, 0.2) is 5.13 Å². The van der Waals surface area contributed by atoms with E-state index in [9.17, 15) is 13.2 Å². The highest BCUT2D eigenvalue weighted by Gasteiger charge is 2.22. The monoisotopic (exact) mass is 480 g/mol. The van der Waals surface area contributed by atoms with Crippen LogP contribution < -0.4 is 9.62 Å². The van der Waals surface area contributed by atoms with Crippen LogP contribution in [-0.4, -0.2) is 51.4 Å². The molecule has 0 bridgehead atoms. The first kappa shape index (κ1) is 22.9. The van der Waals surface area contributed by atoms with Crippen molar-refractivity contribution >= 4 is 48.3 Å². The smallest absolute Gasteiger partial charge is 0.261 e. The van der Waals surface area contributed by atoms with Gasteiger partial charge in [-0.3, -0.25) is 14.4 Å². The molecule has 1 N–H and O–H groups in total. The maximum absolute atomic E-state index is 13.5. The number of aromatic nitrogens is 1. The fourth-order valence-corrected chi connectivity index (χ4v) is 5.31. The normalized spacial score (nSPS) is 11.6. The lowest BCUT2D eigenvalue weighted by molar-refractivity contribution is 0.0985. The third-order valence-electron chi connectivity index (χ3n) is 4.94. The Hall–Kier alpha value is -3.27. The van der Waals surface area contributed by atoms with Gasteiger partial charge in [0.2, 0.25) is 0 Å². The second kappa shape index (κ2) is 9.70. The first-order valence-electron chi connectivity index (χ1n) is 10.3. The van der Waals surface area contributed by atoms with Crippen LogP contribution in [0.5, 0.6) is 0 Å². The third-order valence-corrected chi connectivity index (χ3v) is 7.40. The average Bonchev–Trinajstić information content (AvgIpc) is 3.23. The summed E-state index contributed by atoms with van der Waals surface area (Å²) in [6.45, 7) is 1.10. The number of hydrogen-bond acceptors (Lipinski definition) is 6. The molecule has 0 fully saturated rings. The van der Waals surface area contributed by atoms with Crippen LogP contribution in [0.2, 0.25) is 0 Å². The van der Waals surface area contributed by atoms with Crippen molar-refractivity contribution in [3.8, 4) is 0 Å². The molecule has 4 aromatic rings. The number of thiazole rings is 1. The summed E-state index contributed by atoms with van der Waals surface area (Å²) in [5.74, 6) is -0.239. The Morgan fingerprint density at radius 2 is 1.67 bits per heavy atom. The number of likely N-dealkylation sites (N-methyl/N-ethyl adjacent to an activating group) is 1. The van der Waals surface area contributed by atoms with Gasteiger partial charge in [0, 0.05) is 24.3 Å². The summed E-state index contributed by atoms with van der Waals surface area (Å²) in [6.07, 6.45) is 0. The van der Waals surface area contributed by atoms with E-state index in [4.69, 9.17) is 0 Å². The first-order chi connectivity index (χ1) is 15.8.